The average molecular weight is 525 g/mol. The summed E-state index contributed by atoms with van der Waals surface area (Å²) < 4.78 is 5.36. The van der Waals surface area contributed by atoms with E-state index in [2.05, 4.69) is 44.8 Å². The Hall–Kier alpha value is -2.07. The van der Waals surface area contributed by atoms with E-state index in [-0.39, 0.29) is 35.8 Å². The SMILES string of the molecule is CCNC(=NCc1cccc(CN2CCCC(C(N)=O)C2)c1)NCc1ccco1.I. The van der Waals surface area contributed by atoms with E-state index < -0.39 is 0 Å². The first kappa shape index (κ1) is 24.2. The van der Waals surface area contributed by atoms with Gasteiger partial charge in [0.1, 0.15) is 5.76 Å². The van der Waals surface area contributed by atoms with Gasteiger partial charge in [0, 0.05) is 19.6 Å². The van der Waals surface area contributed by atoms with Gasteiger partial charge in [-0.1, -0.05) is 24.3 Å². The minimum Gasteiger partial charge on any atom is -0.467 e. The van der Waals surface area contributed by atoms with Crippen molar-refractivity contribution in [1.29, 1.82) is 0 Å². The molecule has 30 heavy (non-hydrogen) atoms. The topological polar surface area (TPSA) is 95.9 Å². The number of furan rings is 1. The second-order valence-electron chi connectivity index (χ2n) is 7.42. The van der Waals surface area contributed by atoms with Crippen molar-refractivity contribution >= 4 is 35.8 Å². The molecular formula is C22H32IN5O2. The fourth-order valence-electron chi connectivity index (χ4n) is 3.61. The number of hydrogen-bond donors (Lipinski definition) is 3. The normalized spacial score (nSPS) is 17.2. The van der Waals surface area contributed by atoms with Gasteiger partial charge in [0.15, 0.2) is 5.96 Å². The van der Waals surface area contributed by atoms with Crippen molar-refractivity contribution in [2.45, 2.75) is 39.4 Å². The Morgan fingerprint density at radius 2 is 2.10 bits per heavy atom. The summed E-state index contributed by atoms with van der Waals surface area (Å²) in [6.07, 6.45) is 3.59. The van der Waals surface area contributed by atoms with Crippen molar-refractivity contribution < 1.29 is 9.21 Å². The molecule has 1 aliphatic heterocycles. The van der Waals surface area contributed by atoms with Crippen LogP contribution in [-0.2, 0) is 24.4 Å². The number of hydrogen-bond acceptors (Lipinski definition) is 4. The van der Waals surface area contributed by atoms with Gasteiger partial charge in [0.25, 0.3) is 0 Å². The second-order valence-corrected chi connectivity index (χ2v) is 7.42. The second kappa shape index (κ2) is 12.6. The molecule has 164 valence electrons. The average Bonchev–Trinajstić information content (AvgIpc) is 3.24. The minimum absolute atomic E-state index is 0. The lowest BCUT2D eigenvalue weighted by Gasteiger charge is -2.31. The van der Waals surface area contributed by atoms with Crippen LogP contribution in [0.1, 0.15) is 36.7 Å². The van der Waals surface area contributed by atoms with Gasteiger partial charge in [0.05, 0.1) is 25.3 Å². The van der Waals surface area contributed by atoms with Gasteiger partial charge in [-0.3, -0.25) is 9.69 Å². The van der Waals surface area contributed by atoms with Crippen molar-refractivity contribution in [2.75, 3.05) is 19.6 Å². The van der Waals surface area contributed by atoms with Crippen molar-refractivity contribution in [3.63, 3.8) is 0 Å². The van der Waals surface area contributed by atoms with Crippen LogP contribution in [0.2, 0.25) is 0 Å². The number of amides is 1. The minimum atomic E-state index is -0.184. The molecule has 1 fully saturated rings. The third kappa shape index (κ3) is 7.64. The smallest absolute Gasteiger partial charge is 0.221 e. The lowest BCUT2D eigenvalue weighted by Crippen LogP contribution is -2.40. The number of halogens is 1. The zero-order valence-electron chi connectivity index (χ0n) is 17.5. The summed E-state index contributed by atoms with van der Waals surface area (Å²) in [5.41, 5.74) is 7.88. The summed E-state index contributed by atoms with van der Waals surface area (Å²) in [6.45, 7) is 6.60. The molecule has 7 nitrogen and oxygen atoms in total. The summed E-state index contributed by atoms with van der Waals surface area (Å²) in [4.78, 5) is 18.5. The highest BCUT2D eigenvalue weighted by molar-refractivity contribution is 14.0. The van der Waals surface area contributed by atoms with Crippen LogP contribution >= 0.6 is 24.0 Å². The Morgan fingerprint density at radius 1 is 1.27 bits per heavy atom. The van der Waals surface area contributed by atoms with Gasteiger partial charge in [-0.25, -0.2) is 4.99 Å². The predicted octanol–water partition coefficient (Wildman–Crippen LogP) is 2.85. The quantitative estimate of drug-likeness (QED) is 0.280. The van der Waals surface area contributed by atoms with Crippen LogP contribution < -0.4 is 16.4 Å². The van der Waals surface area contributed by atoms with Crippen molar-refractivity contribution in [1.82, 2.24) is 15.5 Å². The van der Waals surface area contributed by atoms with E-state index in [0.717, 1.165) is 56.3 Å². The van der Waals surface area contributed by atoms with Gasteiger partial charge in [-0.2, -0.15) is 0 Å². The Bertz CT molecular complexity index is 810. The standard InChI is InChI=1S/C22H31N5O2.HI/c1-2-24-22(26-14-20-9-5-11-29-20)25-13-17-6-3-7-18(12-17)15-27-10-4-8-19(16-27)21(23)28;/h3,5-7,9,11-12,19H,2,4,8,10,13-16H2,1H3,(H2,23,28)(H2,24,25,26);1H. The number of carbonyl (C=O) groups is 1. The number of aliphatic imine (C=N–C) groups is 1. The van der Waals surface area contributed by atoms with E-state index in [1.807, 2.05) is 19.1 Å². The Labute approximate surface area is 195 Å². The predicted molar refractivity (Wildman–Crippen MR) is 129 cm³/mol. The number of primary amides is 1. The number of nitrogens with two attached hydrogens (primary N) is 1. The van der Waals surface area contributed by atoms with Crippen LogP contribution in [0.4, 0.5) is 0 Å². The maximum absolute atomic E-state index is 11.5. The van der Waals surface area contributed by atoms with Crippen LogP contribution in [-0.4, -0.2) is 36.4 Å². The molecule has 1 atom stereocenters. The summed E-state index contributed by atoms with van der Waals surface area (Å²) in [6, 6.07) is 12.3. The van der Waals surface area contributed by atoms with Gasteiger partial charge in [-0.15, -0.1) is 24.0 Å². The zero-order valence-corrected chi connectivity index (χ0v) is 19.8. The fraction of sp³-hybridized carbons (Fsp3) is 0.455. The van der Waals surface area contributed by atoms with E-state index in [9.17, 15) is 4.79 Å². The summed E-state index contributed by atoms with van der Waals surface area (Å²) in [5, 5.41) is 6.54. The number of rotatable bonds is 8. The van der Waals surface area contributed by atoms with Crippen LogP contribution in [0, 0.1) is 5.92 Å². The lowest BCUT2D eigenvalue weighted by atomic mass is 9.97. The first-order valence-corrected chi connectivity index (χ1v) is 10.3. The van der Waals surface area contributed by atoms with Crippen LogP contribution in [0.5, 0.6) is 0 Å². The molecule has 0 radical (unpaired) electrons. The Kier molecular flexibility index (Phi) is 10.2. The molecule has 1 aromatic heterocycles. The number of guanidine groups is 1. The number of benzene rings is 1. The highest BCUT2D eigenvalue weighted by Gasteiger charge is 2.23. The molecule has 0 saturated carbocycles. The summed E-state index contributed by atoms with van der Waals surface area (Å²) in [5.74, 6) is 1.42. The third-order valence-electron chi connectivity index (χ3n) is 5.08. The molecule has 0 bridgehead atoms. The highest BCUT2D eigenvalue weighted by Crippen LogP contribution is 2.19. The van der Waals surface area contributed by atoms with E-state index in [0.29, 0.717) is 13.1 Å². The molecule has 1 aromatic carbocycles. The monoisotopic (exact) mass is 525 g/mol. The first-order valence-electron chi connectivity index (χ1n) is 10.3. The Balaban J connectivity index is 0.00000320. The van der Waals surface area contributed by atoms with Crippen molar-refractivity contribution in [3.05, 3.63) is 59.5 Å². The molecule has 0 aliphatic carbocycles. The number of piperidine rings is 1. The van der Waals surface area contributed by atoms with Gasteiger partial charge in [0.2, 0.25) is 5.91 Å². The van der Waals surface area contributed by atoms with E-state index in [1.54, 1.807) is 6.26 Å². The largest absolute Gasteiger partial charge is 0.467 e. The number of nitrogens with zero attached hydrogens (tertiary/aromatic N) is 2. The molecule has 0 spiro atoms. The van der Waals surface area contributed by atoms with E-state index in [1.165, 1.54) is 5.56 Å². The molecule has 2 heterocycles. The number of carbonyl (C=O) groups excluding carboxylic acids is 1. The van der Waals surface area contributed by atoms with E-state index >= 15 is 0 Å². The van der Waals surface area contributed by atoms with E-state index in [4.69, 9.17) is 10.2 Å². The molecule has 2 aromatic rings. The summed E-state index contributed by atoms with van der Waals surface area (Å²) >= 11 is 0. The van der Waals surface area contributed by atoms with Crippen molar-refractivity contribution in [3.8, 4) is 0 Å². The maximum Gasteiger partial charge on any atom is 0.221 e. The van der Waals surface area contributed by atoms with Crippen LogP contribution in [0.3, 0.4) is 0 Å². The molecule has 1 unspecified atom stereocenters. The maximum atomic E-state index is 11.5. The molecule has 1 amide bonds. The molecule has 1 saturated heterocycles. The fourth-order valence-corrected chi connectivity index (χ4v) is 3.61. The van der Waals surface area contributed by atoms with Crippen LogP contribution in [0.25, 0.3) is 0 Å². The third-order valence-corrected chi connectivity index (χ3v) is 5.08. The van der Waals surface area contributed by atoms with Crippen LogP contribution in [0.15, 0.2) is 52.1 Å². The van der Waals surface area contributed by atoms with Gasteiger partial charge < -0.3 is 20.8 Å². The summed E-state index contributed by atoms with van der Waals surface area (Å²) in [7, 11) is 0. The first-order chi connectivity index (χ1) is 14.1. The number of likely N-dealkylation sites (tertiary alicyclic amines) is 1. The van der Waals surface area contributed by atoms with Gasteiger partial charge >= 0.3 is 0 Å². The highest BCUT2D eigenvalue weighted by atomic mass is 127. The molecule has 8 heteroatoms. The molecule has 4 N–H and O–H groups in total. The molecule has 3 rings (SSSR count). The zero-order chi connectivity index (χ0) is 20.5. The molecular weight excluding hydrogens is 493 g/mol. The lowest BCUT2D eigenvalue weighted by molar-refractivity contribution is -0.123. The number of nitrogens with one attached hydrogen (secondary N) is 2. The molecule has 1 aliphatic rings. The van der Waals surface area contributed by atoms with Crippen molar-refractivity contribution in [2.24, 2.45) is 16.6 Å². The van der Waals surface area contributed by atoms with Gasteiger partial charge in [-0.05, 0) is 49.6 Å². The Morgan fingerprint density at radius 3 is 2.83 bits per heavy atom.